The van der Waals surface area contributed by atoms with Gasteiger partial charge in [0.1, 0.15) is 0 Å². The predicted molar refractivity (Wildman–Crippen MR) is 94.2 cm³/mol. The number of nitrogens with one attached hydrogen (secondary N) is 1. The quantitative estimate of drug-likeness (QED) is 0.597. The minimum atomic E-state index is -3.53. The molecule has 0 aromatic heterocycles. The highest BCUT2D eigenvalue weighted by atomic mass is 32.2. The minimum Gasteiger partial charge on any atom is -0.384 e. The van der Waals surface area contributed by atoms with E-state index in [0.717, 1.165) is 51.2 Å². The average Bonchev–Trinajstić information content (AvgIpc) is 2.53. The third-order valence-corrected chi connectivity index (χ3v) is 5.54. The number of sulfone groups is 1. The van der Waals surface area contributed by atoms with E-state index in [1.807, 2.05) is 0 Å². The molecule has 0 amide bonds. The van der Waals surface area contributed by atoms with Crippen LogP contribution in [0.25, 0.3) is 0 Å². The summed E-state index contributed by atoms with van der Waals surface area (Å²) in [5.74, 6) is 0.487. The van der Waals surface area contributed by atoms with Crippen LogP contribution in [0.4, 0.5) is 11.4 Å². The van der Waals surface area contributed by atoms with E-state index in [4.69, 9.17) is 0 Å². The van der Waals surface area contributed by atoms with Crippen LogP contribution in [0.1, 0.15) is 26.2 Å². The number of nitro benzene ring substituents is 1. The summed E-state index contributed by atoms with van der Waals surface area (Å²) in [6.07, 6.45) is 4.38. The summed E-state index contributed by atoms with van der Waals surface area (Å²) >= 11 is 0. The third kappa shape index (κ3) is 4.91. The molecule has 0 unspecified atom stereocenters. The Morgan fingerprint density at radius 2 is 2.00 bits per heavy atom. The minimum absolute atomic E-state index is 0.0138. The van der Waals surface area contributed by atoms with Crippen LogP contribution in [0.3, 0.4) is 0 Å². The van der Waals surface area contributed by atoms with Crippen molar-refractivity contribution >= 4 is 21.2 Å². The van der Waals surface area contributed by atoms with Crippen molar-refractivity contribution in [2.75, 3.05) is 37.8 Å². The van der Waals surface area contributed by atoms with Crippen molar-refractivity contribution in [1.82, 2.24) is 4.90 Å². The van der Waals surface area contributed by atoms with E-state index in [1.165, 1.54) is 12.1 Å². The molecule has 0 atom stereocenters. The van der Waals surface area contributed by atoms with Gasteiger partial charge >= 0.3 is 0 Å². The normalized spacial score (nSPS) is 16.9. The van der Waals surface area contributed by atoms with Gasteiger partial charge in [0, 0.05) is 24.9 Å². The second-order valence-electron chi connectivity index (χ2n) is 6.38. The highest BCUT2D eigenvalue weighted by Gasteiger charge is 2.21. The molecular weight excluding hydrogens is 330 g/mol. The first-order valence-electron chi connectivity index (χ1n) is 8.26. The van der Waals surface area contributed by atoms with E-state index in [-0.39, 0.29) is 10.6 Å². The van der Waals surface area contributed by atoms with E-state index in [0.29, 0.717) is 18.2 Å². The number of anilines is 1. The number of hydrogen-bond acceptors (Lipinski definition) is 6. The van der Waals surface area contributed by atoms with Gasteiger partial charge in [-0.2, -0.15) is 0 Å². The lowest BCUT2D eigenvalue weighted by Crippen LogP contribution is -2.36. The van der Waals surface area contributed by atoms with Gasteiger partial charge in [-0.05, 0) is 50.9 Å². The number of likely N-dealkylation sites (tertiary alicyclic amines) is 1. The molecule has 1 aliphatic rings. The molecule has 1 aromatic rings. The molecule has 24 heavy (non-hydrogen) atoms. The predicted octanol–water partition coefficient (Wildman–Crippen LogP) is 2.53. The molecule has 134 valence electrons. The maximum absolute atomic E-state index is 11.9. The molecule has 2 rings (SSSR count). The second kappa shape index (κ2) is 7.94. The Labute approximate surface area is 143 Å². The number of nitrogens with zero attached hydrogens (tertiary/aromatic N) is 2. The lowest BCUT2D eigenvalue weighted by molar-refractivity contribution is -0.385. The Kier molecular flexibility index (Phi) is 6.17. The molecule has 1 aromatic carbocycles. The topological polar surface area (TPSA) is 92.5 Å². The van der Waals surface area contributed by atoms with Crippen molar-refractivity contribution in [3.8, 4) is 0 Å². The summed E-state index contributed by atoms with van der Waals surface area (Å²) < 4.78 is 23.9. The fraction of sp³-hybridized carbons (Fsp3) is 0.625. The first-order valence-corrected chi connectivity index (χ1v) is 10.1. The number of piperidine rings is 1. The molecule has 7 nitrogen and oxygen atoms in total. The summed E-state index contributed by atoms with van der Waals surface area (Å²) in [4.78, 5) is 12.7. The van der Waals surface area contributed by atoms with Crippen LogP contribution in [-0.2, 0) is 9.84 Å². The summed E-state index contributed by atoms with van der Waals surface area (Å²) in [5, 5.41) is 14.0. The summed E-state index contributed by atoms with van der Waals surface area (Å²) in [5.41, 5.74) is 0.230. The molecule has 0 bridgehead atoms. The van der Waals surface area contributed by atoms with Gasteiger partial charge in [0.2, 0.25) is 0 Å². The number of benzene rings is 1. The number of non-ortho nitro benzene ring substituents is 1. The molecule has 0 radical (unpaired) electrons. The maximum Gasteiger partial charge on any atom is 0.270 e. The molecule has 1 aliphatic heterocycles. The highest BCUT2D eigenvalue weighted by Crippen LogP contribution is 2.27. The lowest BCUT2D eigenvalue weighted by atomic mass is 9.96. The number of hydrogen-bond donors (Lipinski definition) is 1. The monoisotopic (exact) mass is 355 g/mol. The van der Waals surface area contributed by atoms with E-state index < -0.39 is 14.8 Å². The average molecular weight is 355 g/mol. The molecule has 0 spiro atoms. The van der Waals surface area contributed by atoms with Gasteiger partial charge in [0.15, 0.2) is 9.84 Å². The molecule has 0 aliphatic carbocycles. The molecule has 8 heteroatoms. The highest BCUT2D eigenvalue weighted by molar-refractivity contribution is 7.90. The largest absolute Gasteiger partial charge is 0.384 e. The van der Waals surface area contributed by atoms with Gasteiger partial charge in [-0.1, -0.05) is 6.92 Å². The Morgan fingerprint density at radius 3 is 2.54 bits per heavy atom. The van der Waals surface area contributed by atoms with Crippen LogP contribution < -0.4 is 5.32 Å². The van der Waals surface area contributed by atoms with Gasteiger partial charge in [0.25, 0.3) is 5.69 Å². The summed E-state index contributed by atoms with van der Waals surface area (Å²) in [6, 6.07) is 3.95. The van der Waals surface area contributed by atoms with Gasteiger partial charge in [0.05, 0.1) is 15.5 Å². The first-order chi connectivity index (χ1) is 11.3. The van der Waals surface area contributed by atoms with Crippen LogP contribution in [0, 0.1) is 16.0 Å². The molecule has 1 saturated heterocycles. The van der Waals surface area contributed by atoms with Crippen molar-refractivity contribution in [3.05, 3.63) is 28.3 Å². The summed E-state index contributed by atoms with van der Waals surface area (Å²) in [6.45, 7) is 6.12. The van der Waals surface area contributed by atoms with E-state index in [1.54, 1.807) is 0 Å². The van der Waals surface area contributed by atoms with Crippen molar-refractivity contribution in [3.63, 3.8) is 0 Å². The maximum atomic E-state index is 11.9. The summed E-state index contributed by atoms with van der Waals surface area (Å²) in [7, 11) is -3.53. The fourth-order valence-corrected chi connectivity index (χ4v) is 3.94. The number of rotatable bonds is 7. The molecule has 1 N–H and O–H groups in total. The van der Waals surface area contributed by atoms with Gasteiger partial charge in [-0.3, -0.25) is 10.1 Å². The van der Waals surface area contributed by atoms with Crippen LogP contribution in [0.2, 0.25) is 0 Å². The molecule has 0 saturated carbocycles. The lowest BCUT2D eigenvalue weighted by Gasteiger charge is -2.32. The molecular formula is C16H25N3O4S. The molecule has 1 fully saturated rings. The van der Waals surface area contributed by atoms with Crippen molar-refractivity contribution < 1.29 is 13.3 Å². The fourth-order valence-electron chi connectivity index (χ4n) is 3.06. The van der Waals surface area contributed by atoms with E-state index in [2.05, 4.69) is 17.1 Å². The third-order valence-electron chi connectivity index (χ3n) is 4.40. The van der Waals surface area contributed by atoms with Crippen LogP contribution >= 0.6 is 0 Å². The zero-order valence-electron chi connectivity index (χ0n) is 14.2. The van der Waals surface area contributed by atoms with Crippen molar-refractivity contribution in [2.24, 2.45) is 5.92 Å². The van der Waals surface area contributed by atoms with Crippen LogP contribution in [0.5, 0.6) is 0 Å². The zero-order chi connectivity index (χ0) is 17.7. The standard InChI is InChI=1S/C16H25N3O4S/c1-3-8-18-9-6-13(7-10-18)12-17-15-5-4-14(19(20)21)11-16(15)24(2,22)23/h4-5,11,13,17H,3,6-10,12H2,1-2H3. The van der Waals surface area contributed by atoms with E-state index in [9.17, 15) is 18.5 Å². The van der Waals surface area contributed by atoms with Crippen LogP contribution in [-0.4, -0.2) is 50.7 Å². The van der Waals surface area contributed by atoms with Crippen molar-refractivity contribution in [2.45, 2.75) is 31.1 Å². The van der Waals surface area contributed by atoms with E-state index >= 15 is 0 Å². The Hall–Kier alpha value is -1.67. The second-order valence-corrected chi connectivity index (χ2v) is 8.36. The smallest absolute Gasteiger partial charge is 0.270 e. The van der Waals surface area contributed by atoms with Gasteiger partial charge < -0.3 is 10.2 Å². The van der Waals surface area contributed by atoms with Gasteiger partial charge in [-0.15, -0.1) is 0 Å². The SMILES string of the molecule is CCCN1CCC(CNc2ccc([N+](=O)[O-])cc2S(C)(=O)=O)CC1. The van der Waals surface area contributed by atoms with Crippen molar-refractivity contribution in [1.29, 1.82) is 0 Å². The first kappa shape index (κ1) is 18.7. The van der Waals surface area contributed by atoms with Crippen LogP contribution in [0.15, 0.2) is 23.1 Å². The molecule has 1 heterocycles. The van der Waals surface area contributed by atoms with Gasteiger partial charge in [-0.25, -0.2) is 8.42 Å². The Morgan fingerprint density at radius 1 is 1.33 bits per heavy atom. The zero-order valence-corrected chi connectivity index (χ0v) is 15.0. The number of nitro groups is 1. The Bertz CT molecular complexity index is 683. The Balaban J connectivity index is 2.04.